The Morgan fingerprint density at radius 1 is 1.38 bits per heavy atom. The largest absolute Gasteiger partial charge is 0.443 e. The summed E-state index contributed by atoms with van der Waals surface area (Å²) in [5.74, 6) is 0. The fourth-order valence-electron chi connectivity index (χ4n) is 1.75. The summed E-state index contributed by atoms with van der Waals surface area (Å²) in [5, 5.41) is 1.59. The Morgan fingerprint density at radius 2 is 2.04 bits per heavy atom. The van der Waals surface area contributed by atoms with E-state index in [4.69, 9.17) is 16.3 Å². The van der Waals surface area contributed by atoms with Gasteiger partial charge in [-0.15, -0.1) is 0 Å². The molecular formula is C17H24ClN3O2S. The number of aromatic nitrogens is 2. The lowest BCUT2D eigenvalue weighted by atomic mass is 10.2. The molecule has 0 spiro atoms. The highest BCUT2D eigenvalue weighted by Crippen LogP contribution is 2.37. The van der Waals surface area contributed by atoms with Crippen molar-refractivity contribution in [2.75, 3.05) is 11.4 Å². The highest BCUT2D eigenvalue weighted by molar-refractivity contribution is 7.19. The van der Waals surface area contributed by atoms with Gasteiger partial charge in [0.05, 0.1) is 0 Å². The molecule has 0 N–H and O–H groups in total. The summed E-state index contributed by atoms with van der Waals surface area (Å²) in [5.41, 5.74) is 0.300. The zero-order valence-corrected chi connectivity index (χ0v) is 16.5. The lowest BCUT2D eigenvalue weighted by molar-refractivity contribution is 0.0583. The average molecular weight is 370 g/mol. The van der Waals surface area contributed by atoms with Gasteiger partial charge in [0.25, 0.3) is 0 Å². The summed E-state index contributed by atoms with van der Waals surface area (Å²) >= 11 is 7.55. The molecule has 0 aliphatic heterocycles. The summed E-state index contributed by atoms with van der Waals surface area (Å²) in [4.78, 5) is 22.2. The molecule has 0 aliphatic rings. The van der Waals surface area contributed by atoms with Gasteiger partial charge in [-0.25, -0.2) is 9.78 Å². The number of rotatable bonds is 3. The van der Waals surface area contributed by atoms with Crippen molar-refractivity contribution in [3.05, 3.63) is 29.7 Å². The van der Waals surface area contributed by atoms with Crippen molar-refractivity contribution in [3.8, 4) is 10.6 Å². The molecule has 0 unspecified atom stereocenters. The number of hydrogen-bond donors (Lipinski definition) is 0. The second-order valence-electron chi connectivity index (χ2n) is 5.58. The van der Waals surface area contributed by atoms with Crippen molar-refractivity contribution < 1.29 is 9.53 Å². The molecule has 7 heteroatoms. The number of amides is 1. The topological polar surface area (TPSA) is 55.3 Å². The first-order chi connectivity index (χ1) is 11.3. The molecule has 2 aromatic rings. The van der Waals surface area contributed by atoms with Crippen LogP contribution < -0.4 is 4.90 Å². The summed E-state index contributed by atoms with van der Waals surface area (Å²) < 4.78 is 5.41. The number of anilines is 1. The Kier molecular flexibility index (Phi) is 7.63. The summed E-state index contributed by atoms with van der Waals surface area (Å²) in [6, 6.07) is 3.73. The quantitative estimate of drug-likeness (QED) is 0.701. The number of hydrogen-bond acceptors (Lipinski definition) is 5. The molecule has 0 saturated carbocycles. The van der Waals surface area contributed by atoms with E-state index in [1.165, 1.54) is 16.2 Å². The molecule has 0 atom stereocenters. The Balaban J connectivity index is 0.00000139. The van der Waals surface area contributed by atoms with E-state index in [0.29, 0.717) is 11.5 Å². The Hall–Kier alpha value is -1.66. The van der Waals surface area contributed by atoms with Gasteiger partial charge in [-0.1, -0.05) is 36.8 Å². The van der Waals surface area contributed by atoms with Gasteiger partial charge in [0.1, 0.15) is 15.6 Å². The SMILES string of the molecule is CC.CCN(C(=O)OC(C)(C)C)c1sc(-c2cccnc2)nc1Cl. The molecule has 2 rings (SSSR count). The molecule has 0 fully saturated rings. The van der Waals surface area contributed by atoms with Crippen molar-refractivity contribution >= 4 is 34.0 Å². The van der Waals surface area contributed by atoms with Gasteiger partial charge in [-0.3, -0.25) is 9.88 Å². The minimum atomic E-state index is -0.562. The van der Waals surface area contributed by atoms with Crippen molar-refractivity contribution in [2.45, 2.75) is 47.1 Å². The molecule has 0 saturated heterocycles. The predicted octanol–water partition coefficient (Wildman–Crippen LogP) is 5.65. The molecule has 0 aromatic carbocycles. The summed E-state index contributed by atoms with van der Waals surface area (Å²) in [6.45, 7) is 11.8. The van der Waals surface area contributed by atoms with E-state index in [1.807, 2.05) is 53.7 Å². The maximum atomic E-state index is 12.3. The van der Waals surface area contributed by atoms with E-state index >= 15 is 0 Å². The van der Waals surface area contributed by atoms with Crippen molar-refractivity contribution in [1.29, 1.82) is 0 Å². The first-order valence-electron chi connectivity index (χ1n) is 7.89. The molecule has 0 bridgehead atoms. The van der Waals surface area contributed by atoms with Crippen LogP contribution in [0.1, 0.15) is 41.5 Å². The summed E-state index contributed by atoms with van der Waals surface area (Å²) in [6.07, 6.45) is 2.97. The van der Waals surface area contributed by atoms with Crippen LogP contribution in [-0.2, 0) is 4.74 Å². The fraction of sp³-hybridized carbons (Fsp3) is 0.471. The zero-order chi connectivity index (χ0) is 18.3. The summed E-state index contributed by atoms with van der Waals surface area (Å²) in [7, 11) is 0. The van der Waals surface area contributed by atoms with Crippen LogP contribution in [0.15, 0.2) is 24.5 Å². The van der Waals surface area contributed by atoms with Gasteiger partial charge in [0.15, 0.2) is 5.15 Å². The van der Waals surface area contributed by atoms with Crippen molar-refractivity contribution in [2.24, 2.45) is 0 Å². The molecule has 132 valence electrons. The standard InChI is InChI=1S/C15H18ClN3O2S.C2H6/c1-5-19(14(20)21-15(2,3)4)13-11(16)18-12(22-13)10-7-6-8-17-9-10;1-2/h6-9H,5H2,1-4H3;1-2H3. The molecule has 0 radical (unpaired) electrons. The van der Waals surface area contributed by atoms with E-state index in [-0.39, 0.29) is 5.15 Å². The van der Waals surface area contributed by atoms with Crippen LogP contribution in [0, 0.1) is 0 Å². The first kappa shape index (κ1) is 20.4. The third kappa shape index (κ3) is 5.46. The molecule has 1 amide bonds. The Labute approximate surface area is 152 Å². The van der Waals surface area contributed by atoms with E-state index in [9.17, 15) is 4.79 Å². The van der Waals surface area contributed by atoms with Gasteiger partial charge in [-0.2, -0.15) is 0 Å². The number of thiazole rings is 1. The van der Waals surface area contributed by atoms with Crippen LogP contribution in [0.2, 0.25) is 5.15 Å². The number of carbonyl (C=O) groups excluding carboxylic acids is 1. The fourth-order valence-corrected chi connectivity index (χ4v) is 3.10. The van der Waals surface area contributed by atoms with Crippen LogP contribution in [0.3, 0.4) is 0 Å². The normalized spacial score (nSPS) is 10.6. The zero-order valence-electron chi connectivity index (χ0n) is 15.0. The van der Waals surface area contributed by atoms with Gasteiger partial charge in [0.2, 0.25) is 0 Å². The third-order valence-electron chi connectivity index (χ3n) is 2.65. The number of nitrogens with zero attached hydrogens (tertiary/aromatic N) is 3. The lowest BCUT2D eigenvalue weighted by Crippen LogP contribution is -2.36. The molecule has 2 heterocycles. The van der Waals surface area contributed by atoms with Gasteiger partial charge < -0.3 is 4.74 Å². The van der Waals surface area contributed by atoms with Gasteiger partial charge in [0, 0.05) is 24.5 Å². The van der Waals surface area contributed by atoms with Gasteiger partial charge >= 0.3 is 6.09 Å². The third-order valence-corrected chi connectivity index (χ3v) is 4.16. The highest BCUT2D eigenvalue weighted by atomic mass is 35.5. The molecule has 24 heavy (non-hydrogen) atoms. The number of halogens is 1. The van der Waals surface area contributed by atoms with Crippen LogP contribution in [0.4, 0.5) is 9.80 Å². The number of ether oxygens (including phenoxy) is 1. The Morgan fingerprint density at radius 3 is 2.54 bits per heavy atom. The maximum Gasteiger partial charge on any atom is 0.415 e. The van der Waals surface area contributed by atoms with Crippen LogP contribution in [-0.4, -0.2) is 28.2 Å². The van der Waals surface area contributed by atoms with E-state index < -0.39 is 11.7 Å². The molecule has 0 aliphatic carbocycles. The maximum absolute atomic E-state index is 12.3. The minimum absolute atomic E-state index is 0.288. The monoisotopic (exact) mass is 369 g/mol. The molecular weight excluding hydrogens is 346 g/mol. The second-order valence-corrected chi connectivity index (χ2v) is 6.92. The molecule has 5 nitrogen and oxygen atoms in total. The highest BCUT2D eigenvalue weighted by Gasteiger charge is 2.26. The Bertz CT molecular complexity index is 654. The predicted molar refractivity (Wildman–Crippen MR) is 101 cm³/mol. The number of pyridine rings is 1. The molecule has 2 aromatic heterocycles. The van der Waals surface area contributed by atoms with E-state index in [1.54, 1.807) is 12.4 Å². The smallest absolute Gasteiger partial charge is 0.415 e. The van der Waals surface area contributed by atoms with Gasteiger partial charge in [-0.05, 0) is 39.8 Å². The number of carbonyl (C=O) groups is 1. The van der Waals surface area contributed by atoms with Crippen LogP contribution in [0.25, 0.3) is 10.6 Å². The van der Waals surface area contributed by atoms with Crippen LogP contribution in [0.5, 0.6) is 0 Å². The van der Waals surface area contributed by atoms with Crippen molar-refractivity contribution in [1.82, 2.24) is 9.97 Å². The van der Waals surface area contributed by atoms with Crippen molar-refractivity contribution in [3.63, 3.8) is 0 Å². The average Bonchev–Trinajstić information content (AvgIpc) is 2.91. The first-order valence-corrected chi connectivity index (χ1v) is 9.08. The van der Waals surface area contributed by atoms with E-state index in [2.05, 4.69) is 9.97 Å². The second kappa shape index (κ2) is 8.99. The van der Waals surface area contributed by atoms with E-state index in [0.717, 1.165) is 10.6 Å². The lowest BCUT2D eigenvalue weighted by Gasteiger charge is -2.25. The van der Waals surface area contributed by atoms with Crippen LogP contribution >= 0.6 is 22.9 Å². The minimum Gasteiger partial charge on any atom is -0.443 e.